The normalized spacial score (nSPS) is 15.1. The highest BCUT2D eigenvalue weighted by molar-refractivity contribution is 6.31. The average molecular weight is 540 g/mol. The van der Waals surface area contributed by atoms with E-state index in [2.05, 4.69) is 25.1 Å². The number of halogens is 5. The molecule has 1 saturated heterocycles. The molecule has 8 nitrogen and oxygen atoms in total. The van der Waals surface area contributed by atoms with E-state index in [1.165, 1.54) is 12.1 Å². The van der Waals surface area contributed by atoms with Gasteiger partial charge in [-0.25, -0.2) is 14.2 Å². The van der Waals surface area contributed by atoms with Crippen LogP contribution in [-0.2, 0) is 11.2 Å². The zero-order chi connectivity index (χ0) is 26.7. The maximum Gasteiger partial charge on any atom is 0.490 e. The van der Waals surface area contributed by atoms with Gasteiger partial charge in [0.05, 0.1) is 16.4 Å². The topological polar surface area (TPSA) is 115 Å². The number of likely N-dealkylation sites (tertiary alicyclic amines) is 1. The van der Waals surface area contributed by atoms with Crippen molar-refractivity contribution in [3.8, 4) is 0 Å². The number of nitrogens with zero attached hydrogens (tertiary/aromatic N) is 3. The van der Waals surface area contributed by atoms with Crippen molar-refractivity contribution in [2.75, 3.05) is 19.6 Å². The standard InChI is InChI=1S/C22H21ClFN5O.C2HF3O2/c23-14-1-3-19-16(11-14)20(28-27-19)7-10-29-8-5-13(6-9-29)21-25-18-4-2-15(24)12-17(18)22(30)26-21;3-2(4,5)1(6)7/h1-4,11-13H,5-10H2,(H,27,28)(H,25,26,30);(H,6,7). The predicted octanol–water partition coefficient (Wildman–Crippen LogP) is 4.65. The molecule has 0 amide bonds. The Morgan fingerprint density at radius 3 is 2.46 bits per heavy atom. The molecular weight excluding hydrogens is 518 g/mol. The highest BCUT2D eigenvalue weighted by Crippen LogP contribution is 2.27. The zero-order valence-electron chi connectivity index (χ0n) is 19.3. The Kier molecular flexibility index (Phi) is 7.79. The molecule has 2 aromatic carbocycles. The van der Waals surface area contributed by atoms with Crippen molar-refractivity contribution in [3.05, 3.63) is 69.1 Å². The number of fused-ring (bicyclic) bond motifs is 2. The van der Waals surface area contributed by atoms with Gasteiger partial charge in [0, 0.05) is 35.0 Å². The molecule has 4 aromatic rings. The van der Waals surface area contributed by atoms with E-state index in [9.17, 15) is 22.4 Å². The molecule has 2 aromatic heterocycles. The third-order valence-corrected chi connectivity index (χ3v) is 6.41. The van der Waals surface area contributed by atoms with Crippen molar-refractivity contribution in [3.63, 3.8) is 0 Å². The second kappa shape index (κ2) is 10.9. The summed E-state index contributed by atoms with van der Waals surface area (Å²) in [5.41, 5.74) is 2.30. The number of alkyl halides is 3. The van der Waals surface area contributed by atoms with Crippen molar-refractivity contribution in [2.24, 2.45) is 0 Å². The fourth-order valence-corrected chi connectivity index (χ4v) is 4.42. The van der Waals surface area contributed by atoms with Gasteiger partial charge in [0.25, 0.3) is 5.56 Å². The van der Waals surface area contributed by atoms with E-state index in [1.807, 2.05) is 18.2 Å². The van der Waals surface area contributed by atoms with Crippen LogP contribution in [0.2, 0.25) is 5.02 Å². The summed E-state index contributed by atoms with van der Waals surface area (Å²) < 4.78 is 45.1. The van der Waals surface area contributed by atoms with Crippen LogP contribution in [0.5, 0.6) is 0 Å². The molecule has 5 rings (SSSR count). The minimum absolute atomic E-state index is 0.204. The summed E-state index contributed by atoms with van der Waals surface area (Å²) in [6.45, 7) is 2.79. The molecule has 1 aliphatic heterocycles. The summed E-state index contributed by atoms with van der Waals surface area (Å²) in [7, 11) is 0. The molecule has 0 bridgehead atoms. The maximum absolute atomic E-state index is 13.4. The van der Waals surface area contributed by atoms with Crippen LogP contribution in [0.4, 0.5) is 17.6 Å². The molecule has 1 fully saturated rings. The molecule has 0 saturated carbocycles. The first-order valence-corrected chi connectivity index (χ1v) is 11.7. The molecular formula is C24H22ClF4N5O3. The Morgan fingerprint density at radius 1 is 1.11 bits per heavy atom. The average Bonchev–Trinajstić information content (AvgIpc) is 3.25. The van der Waals surface area contributed by atoms with Crippen LogP contribution in [-0.4, -0.2) is 62.0 Å². The molecule has 37 heavy (non-hydrogen) atoms. The van der Waals surface area contributed by atoms with Gasteiger partial charge in [-0.3, -0.25) is 9.89 Å². The van der Waals surface area contributed by atoms with Crippen LogP contribution < -0.4 is 5.56 Å². The Balaban J connectivity index is 0.000000405. The number of aromatic nitrogens is 4. The fraction of sp³-hybridized carbons (Fsp3) is 0.333. The number of hydrogen-bond donors (Lipinski definition) is 3. The molecule has 0 atom stereocenters. The van der Waals surface area contributed by atoms with Gasteiger partial charge in [0.2, 0.25) is 0 Å². The lowest BCUT2D eigenvalue weighted by atomic mass is 9.95. The zero-order valence-corrected chi connectivity index (χ0v) is 20.0. The minimum Gasteiger partial charge on any atom is -0.475 e. The number of benzene rings is 2. The number of aliphatic carboxylic acids is 1. The van der Waals surface area contributed by atoms with E-state index in [0.717, 1.165) is 55.5 Å². The summed E-state index contributed by atoms with van der Waals surface area (Å²) in [6.07, 6.45) is -2.37. The summed E-state index contributed by atoms with van der Waals surface area (Å²) in [4.78, 5) is 31.1. The number of hydrogen-bond acceptors (Lipinski definition) is 5. The van der Waals surface area contributed by atoms with Crippen LogP contribution in [0, 0.1) is 5.82 Å². The lowest BCUT2D eigenvalue weighted by Gasteiger charge is -2.31. The van der Waals surface area contributed by atoms with E-state index in [0.29, 0.717) is 21.7 Å². The number of H-pyrrole nitrogens is 2. The lowest BCUT2D eigenvalue weighted by Crippen LogP contribution is -2.35. The summed E-state index contributed by atoms with van der Waals surface area (Å²) in [5.74, 6) is -2.28. The van der Waals surface area contributed by atoms with E-state index >= 15 is 0 Å². The second-order valence-electron chi connectivity index (χ2n) is 8.65. The second-order valence-corrected chi connectivity index (χ2v) is 9.08. The Hall–Kier alpha value is -3.51. The molecule has 0 unspecified atom stereocenters. The maximum atomic E-state index is 13.4. The number of carboxylic acid groups (broad SMARTS) is 1. The molecule has 0 spiro atoms. The van der Waals surface area contributed by atoms with Gasteiger partial charge >= 0.3 is 12.1 Å². The fourth-order valence-electron chi connectivity index (χ4n) is 4.25. The first-order chi connectivity index (χ1) is 17.5. The van der Waals surface area contributed by atoms with E-state index in [-0.39, 0.29) is 11.5 Å². The third kappa shape index (κ3) is 6.44. The molecule has 196 valence electrons. The van der Waals surface area contributed by atoms with Gasteiger partial charge in [-0.2, -0.15) is 18.3 Å². The molecule has 3 heterocycles. The molecule has 0 aliphatic carbocycles. The number of aromatic amines is 2. The van der Waals surface area contributed by atoms with Crippen molar-refractivity contribution in [2.45, 2.75) is 31.4 Å². The third-order valence-electron chi connectivity index (χ3n) is 6.18. The smallest absolute Gasteiger partial charge is 0.475 e. The Morgan fingerprint density at radius 2 is 1.78 bits per heavy atom. The van der Waals surface area contributed by atoms with Gasteiger partial charge < -0.3 is 15.0 Å². The number of carboxylic acids is 1. The number of piperidine rings is 1. The van der Waals surface area contributed by atoms with Gasteiger partial charge in [-0.15, -0.1) is 0 Å². The van der Waals surface area contributed by atoms with Crippen molar-refractivity contribution in [1.82, 2.24) is 25.1 Å². The highest BCUT2D eigenvalue weighted by Gasteiger charge is 2.38. The van der Waals surface area contributed by atoms with Crippen molar-refractivity contribution in [1.29, 1.82) is 0 Å². The van der Waals surface area contributed by atoms with E-state index in [1.54, 1.807) is 6.07 Å². The number of carbonyl (C=O) groups is 1. The Labute approximate surface area is 212 Å². The van der Waals surface area contributed by atoms with Crippen LogP contribution in [0.25, 0.3) is 21.8 Å². The minimum atomic E-state index is -5.08. The Bertz CT molecular complexity index is 1480. The lowest BCUT2D eigenvalue weighted by molar-refractivity contribution is -0.192. The SMILES string of the molecule is O=C(O)C(F)(F)F.O=c1[nH]c(C2CCN(CCc3[nH]nc4ccc(Cl)cc34)CC2)nc2ccc(F)cc12. The molecule has 3 N–H and O–H groups in total. The van der Waals surface area contributed by atoms with Crippen LogP contribution in [0.3, 0.4) is 0 Å². The summed E-state index contributed by atoms with van der Waals surface area (Å²) >= 11 is 6.12. The van der Waals surface area contributed by atoms with Gasteiger partial charge in [-0.1, -0.05) is 11.6 Å². The van der Waals surface area contributed by atoms with Crippen molar-refractivity contribution < 1.29 is 27.5 Å². The molecule has 13 heteroatoms. The largest absolute Gasteiger partial charge is 0.490 e. The van der Waals surface area contributed by atoms with E-state index in [4.69, 9.17) is 21.5 Å². The highest BCUT2D eigenvalue weighted by atomic mass is 35.5. The first kappa shape index (κ1) is 26.6. The van der Waals surface area contributed by atoms with Gasteiger partial charge in [0.1, 0.15) is 11.6 Å². The summed E-state index contributed by atoms with van der Waals surface area (Å²) in [5, 5.41) is 16.7. The van der Waals surface area contributed by atoms with Crippen molar-refractivity contribution >= 4 is 39.4 Å². The quantitative estimate of drug-likeness (QED) is 0.325. The number of nitrogens with one attached hydrogen (secondary N) is 2. The van der Waals surface area contributed by atoms with E-state index < -0.39 is 18.0 Å². The first-order valence-electron chi connectivity index (χ1n) is 11.4. The van der Waals surface area contributed by atoms with Gasteiger partial charge in [0.15, 0.2) is 0 Å². The number of rotatable bonds is 4. The van der Waals surface area contributed by atoms with Crippen LogP contribution in [0.15, 0.2) is 41.2 Å². The molecule has 0 radical (unpaired) electrons. The molecule has 1 aliphatic rings. The van der Waals surface area contributed by atoms with Crippen LogP contribution in [0.1, 0.15) is 30.3 Å². The summed E-state index contributed by atoms with van der Waals surface area (Å²) in [6, 6.07) is 9.87. The monoisotopic (exact) mass is 539 g/mol. The van der Waals surface area contributed by atoms with Gasteiger partial charge in [-0.05, 0) is 62.3 Å². The van der Waals surface area contributed by atoms with Crippen LogP contribution >= 0.6 is 11.6 Å². The predicted molar refractivity (Wildman–Crippen MR) is 129 cm³/mol.